The van der Waals surface area contributed by atoms with E-state index in [4.69, 9.17) is 16.3 Å². The third-order valence-corrected chi connectivity index (χ3v) is 3.04. The minimum atomic E-state index is 0.481. The smallest absolute Gasteiger partial charge is 0.0915 e. The zero-order valence-electron chi connectivity index (χ0n) is 10.2. The average Bonchev–Trinajstić information content (AvgIpc) is 2.33. The van der Waals surface area contributed by atoms with Gasteiger partial charge in [-0.25, -0.2) is 4.98 Å². The van der Waals surface area contributed by atoms with Crippen LogP contribution < -0.4 is 5.32 Å². The molecule has 0 spiro atoms. The molecule has 1 N–H and O–H groups in total. The summed E-state index contributed by atoms with van der Waals surface area (Å²) in [6.07, 6.45) is 0. The summed E-state index contributed by atoms with van der Waals surface area (Å²) in [5, 5.41) is 4.92. The molecule has 0 amide bonds. The van der Waals surface area contributed by atoms with Crippen molar-refractivity contribution in [1.82, 2.24) is 4.98 Å². The van der Waals surface area contributed by atoms with Crippen molar-refractivity contribution in [3.05, 3.63) is 34.5 Å². The van der Waals surface area contributed by atoms with Crippen LogP contribution in [0.1, 0.15) is 11.3 Å². The van der Waals surface area contributed by atoms with Gasteiger partial charge in [-0.1, -0.05) is 17.7 Å². The molecule has 90 valence electrons. The third kappa shape index (κ3) is 2.21. The number of methoxy groups -OCH3 is 1. The SMILES string of the molecule is CNc1cc(COC)nc2c(Cl)ccc(C)c12. The number of hydrogen-bond acceptors (Lipinski definition) is 3. The van der Waals surface area contributed by atoms with E-state index < -0.39 is 0 Å². The Hall–Kier alpha value is -1.32. The number of nitrogens with zero attached hydrogens (tertiary/aromatic N) is 1. The van der Waals surface area contributed by atoms with Crippen molar-refractivity contribution in [2.75, 3.05) is 19.5 Å². The molecule has 0 saturated carbocycles. The van der Waals surface area contributed by atoms with Crippen LogP contribution in [0.4, 0.5) is 5.69 Å². The lowest BCUT2D eigenvalue weighted by molar-refractivity contribution is 0.182. The first-order valence-electron chi connectivity index (χ1n) is 5.42. The summed E-state index contributed by atoms with van der Waals surface area (Å²) < 4.78 is 5.11. The highest BCUT2D eigenvalue weighted by atomic mass is 35.5. The van der Waals surface area contributed by atoms with Crippen molar-refractivity contribution < 1.29 is 4.74 Å². The first-order valence-corrected chi connectivity index (χ1v) is 5.80. The molecule has 0 aliphatic rings. The number of hydrogen-bond donors (Lipinski definition) is 1. The van der Waals surface area contributed by atoms with Gasteiger partial charge >= 0.3 is 0 Å². The summed E-state index contributed by atoms with van der Waals surface area (Å²) >= 11 is 6.20. The van der Waals surface area contributed by atoms with Crippen LogP contribution in [0.25, 0.3) is 10.9 Å². The molecule has 0 aliphatic heterocycles. The summed E-state index contributed by atoms with van der Waals surface area (Å²) in [5.74, 6) is 0. The number of fused-ring (bicyclic) bond motifs is 1. The van der Waals surface area contributed by atoms with Crippen molar-refractivity contribution in [2.24, 2.45) is 0 Å². The fraction of sp³-hybridized carbons (Fsp3) is 0.308. The highest BCUT2D eigenvalue weighted by molar-refractivity contribution is 6.35. The summed E-state index contributed by atoms with van der Waals surface area (Å²) in [7, 11) is 3.55. The van der Waals surface area contributed by atoms with E-state index in [0.717, 1.165) is 27.8 Å². The van der Waals surface area contributed by atoms with Crippen LogP contribution >= 0.6 is 11.6 Å². The van der Waals surface area contributed by atoms with E-state index in [1.54, 1.807) is 7.11 Å². The lowest BCUT2D eigenvalue weighted by atomic mass is 10.1. The Morgan fingerprint density at radius 2 is 2.18 bits per heavy atom. The van der Waals surface area contributed by atoms with Gasteiger partial charge in [-0.05, 0) is 24.6 Å². The number of aromatic nitrogens is 1. The van der Waals surface area contributed by atoms with Gasteiger partial charge in [0, 0.05) is 25.2 Å². The van der Waals surface area contributed by atoms with E-state index in [9.17, 15) is 0 Å². The Labute approximate surface area is 106 Å². The number of aryl methyl sites for hydroxylation is 1. The number of anilines is 1. The van der Waals surface area contributed by atoms with Gasteiger partial charge in [0.25, 0.3) is 0 Å². The molecular formula is C13H15ClN2O. The second kappa shape index (κ2) is 4.90. The number of rotatable bonds is 3. The third-order valence-electron chi connectivity index (χ3n) is 2.73. The maximum absolute atomic E-state index is 6.20. The Morgan fingerprint density at radius 3 is 2.82 bits per heavy atom. The number of pyridine rings is 1. The van der Waals surface area contributed by atoms with Crippen LogP contribution in [0, 0.1) is 6.92 Å². The molecule has 0 fully saturated rings. The molecular weight excluding hydrogens is 236 g/mol. The number of ether oxygens (including phenoxy) is 1. The molecule has 0 radical (unpaired) electrons. The molecule has 3 nitrogen and oxygen atoms in total. The molecule has 4 heteroatoms. The van der Waals surface area contributed by atoms with Crippen molar-refractivity contribution in [3.63, 3.8) is 0 Å². The summed E-state index contributed by atoms with van der Waals surface area (Å²) in [6, 6.07) is 5.88. The number of halogens is 1. The van der Waals surface area contributed by atoms with Gasteiger partial charge in [0.15, 0.2) is 0 Å². The van der Waals surface area contributed by atoms with Crippen LogP contribution in [-0.2, 0) is 11.3 Å². The molecule has 1 aromatic carbocycles. The Balaban J connectivity index is 2.77. The van der Waals surface area contributed by atoms with Gasteiger partial charge in [-0.15, -0.1) is 0 Å². The Bertz CT molecular complexity index is 555. The lowest BCUT2D eigenvalue weighted by Crippen LogP contribution is -1.99. The quantitative estimate of drug-likeness (QED) is 0.907. The summed E-state index contributed by atoms with van der Waals surface area (Å²) in [5.41, 5.74) is 3.88. The second-order valence-corrected chi connectivity index (χ2v) is 4.34. The fourth-order valence-corrected chi connectivity index (χ4v) is 2.15. The molecule has 1 aromatic heterocycles. The molecule has 0 unspecified atom stereocenters. The van der Waals surface area contributed by atoms with E-state index >= 15 is 0 Å². The van der Waals surface area contributed by atoms with E-state index in [1.165, 1.54) is 0 Å². The minimum Gasteiger partial charge on any atom is -0.388 e. The van der Waals surface area contributed by atoms with Gasteiger partial charge in [0.1, 0.15) is 0 Å². The van der Waals surface area contributed by atoms with Gasteiger partial charge in [0.05, 0.1) is 22.8 Å². The van der Waals surface area contributed by atoms with Gasteiger partial charge in [0.2, 0.25) is 0 Å². The van der Waals surface area contributed by atoms with Crippen molar-refractivity contribution in [3.8, 4) is 0 Å². The fourth-order valence-electron chi connectivity index (χ4n) is 1.95. The molecule has 17 heavy (non-hydrogen) atoms. The highest BCUT2D eigenvalue weighted by Gasteiger charge is 2.10. The van der Waals surface area contributed by atoms with Crippen LogP contribution in [0.2, 0.25) is 5.02 Å². The molecule has 2 rings (SSSR count). The molecule has 0 atom stereocenters. The Kier molecular flexibility index (Phi) is 3.50. The maximum atomic E-state index is 6.20. The summed E-state index contributed by atoms with van der Waals surface area (Å²) in [4.78, 5) is 4.54. The zero-order valence-corrected chi connectivity index (χ0v) is 10.9. The topological polar surface area (TPSA) is 34.1 Å². The standard InChI is InChI=1S/C13H15ClN2O/c1-8-4-5-10(14)13-12(8)11(15-2)6-9(16-13)7-17-3/h4-6H,7H2,1-3H3,(H,15,16). The van der Waals surface area contributed by atoms with E-state index in [-0.39, 0.29) is 0 Å². The largest absolute Gasteiger partial charge is 0.388 e. The van der Waals surface area contributed by atoms with Crippen LogP contribution in [0.5, 0.6) is 0 Å². The molecule has 2 aromatic rings. The first-order chi connectivity index (χ1) is 8.17. The number of nitrogens with one attached hydrogen (secondary N) is 1. The van der Waals surface area contributed by atoms with Crippen molar-refractivity contribution in [1.29, 1.82) is 0 Å². The molecule has 0 aliphatic carbocycles. The lowest BCUT2D eigenvalue weighted by Gasteiger charge is -2.12. The predicted molar refractivity (Wildman–Crippen MR) is 71.7 cm³/mol. The van der Waals surface area contributed by atoms with Gasteiger partial charge in [-0.3, -0.25) is 0 Å². The Morgan fingerprint density at radius 1 is 1.41 bits per heavy atom. The molecule has 0 bridgehead atoms. The van der Waals surface area contributed by atoms with E-state index in [2.05, 4.69) is 17.2 Å². The summed E-state index contributed by atoms with van der Waals surface area (Å²) in [6.45, 7) is 2.53. The second-order valence-electron chi connectivity index (χ2n) is 3.93. The number of benzene rings is 1. The van der Waals surface area contributed by atoms with Crippen molar-refractivity contribution >= 4 is 28.2 Å². The minimum absolute atomic E-state index is 0.481. The first kappa shape index (κ1) is 12.1. The molecule has 1 heterocycles. The van der Waals surface area contributed by atoms with Crippen LogP contribution in [0.3, 0.4) is 0 Å². The van der Waals surface area contributed by atoms with E-state index in [1.807, 2.05) is 25.2 Å². The normalized spacial score (nSPS) is 10.8. The van der Waals surface area contributed by atoms with E-state index in [0.29, 0.717) is 11.6 Å². The molecule has 0 saturated heterocycles. The monoisotopic (exact) mass is 250 g/mol. The zero-order chi connectivity index (χ0) is 12.4. The average molecular weight is 251 g/mol. The highest BCUT2D eigenvalue weighted by Crippen LogP contribution is 2.31. The van der Waals surface area contributed by atoms with Crippen LogP contribution in [0.15, 0.2) is 18.2 Å². The van der Waals surface area contributed by atoms with Crippen molar-refractivity contribution in [2.45, 2.75) is 13.5 Å². The van der Waals surface area contributed by atoms with Crippen LogP contribution in [-0.4, -0.2) is 19.1 Å². The van der Waals surface area contributed by atoms with Gasteiger partial charge < -0.3 is 10.1 Å². The maximum Gasteiger partial charge on any atom is 0.0915 e. The van der Waals surface area contributed by atoms with Gasteiger partial charge in [-0.2, -0.15) is 0 Å². The predicted octanol–water partition coefficient (Wildman–Crippen LogP) is 3.38.